The van der Waals surface area contributed by atoms with Crippen molar-refractivity contribution in [2.75, 3.05) is 37.6 Å². The van der Waals surface area contributed by atoms with Crippen LogP contribution in [-0.2, 0) is 13.0 Å². The molecule has 4 heterocycles. The molecule has 0 spiro atoms. The van der Waals surface area contributed by atoms with Crippen LogP contribution in [0.5, 0.6) is 0 Å². The van der Waals surface area contributed by atoms with Crippen molar-refractivity contribution in [3.8, 4) is 0 Å². The van der Waals surface area contributed by atoms with Crippen LogP contribution < -0.4 is 4.90 Å². The Balaban J connectivity index is 1.29. The molecule has 0 radical (unpaired) electrons. The first-order chi connectivity index (χ1) is 14.7. The summed E-state index contributed by atoms with van der Waals surface area (Å²) in [6.45, 7) is 7.41. The van der Waals surface area contributed by atoms with Gasteiger partial charge in [-0.15, -0.1) is 0 Å². The summed E-state index contributed by atoms with van der Waals surface area (Å²) in [6.07, 6.45) is 9.70. The number of fused-ring (bicyclic) bond motifs is 1. The van der Waals surface area contributed by atoms with Gasteiger partial charge in [0.05, 0.1) is 17.8 Å². The van der Waals surface area contributed by atoms with E-state index in [0.29, 0.717) is 18.7 Å². The first kappa shape index (κ1) is 19.4. The second-order valence-electron chi connectivity index (χ2n) is 8.70. The number of hydrogen-bond donors (Lipinski definition) is 0. The Bertz CT molecular complexity index is 918. The van der Waals surface area contributed by atoms with Crippen LogP contribution >= 0.6 is 0 Å². The number of rotatable bonds is 3. The summed E-state index contributed by atoms with van der Waals surface area (Å²) in [7, 11) is 0. The maximum Gasteiger partial charge on any atom is 0.256 e. The third-order valence-electron chi connectivity index (χ3n) is 6.96. The normalized spacial score (nSPS) is 20.4. The molecule has 158 valence electrons. The van der Waals surface area contributed by atoms with Crippen molar-refractivity contribution in [3.63, 3.8) is 0 Å². The fourth-order valence-corrected chi connectivity index (χ4v) is 5.23. The molecule has 0 atom stereocenters. The molecular weight excluding hydrogens is 376 g/mol. The van der Waals surface area contributed by atoms with Crippen LogP contribution in [0.2, 0.25) is 0 Å². The van der Waals surface area contributed by atoms with E-state index in [1.54, 1.807) is 12.5 Å². The number of carbonyl (C=O) groups excluding carboxylic acids is 1. The second-order valence-corrected chi connectivity index (χ2v) is 8.70. The molecule has 7 nitrogen and oxygen atoms in total. The third kappa shape index (κ3) is 3.67. The molecule has 1 saturated heterocycles. The lowest BCUT2D eigenvalue weighted by atomic mass is 10.0. The van der Waals surface area contributed by atoms with Gasteiger partial charge in [0.2, 0.25) is 0 Å². The van der Waals surface area contributed by atoms with Gasteiger partial charge in [-0.3, -0.25) is 14.7 Å². The van der Waals surface area contributed by atoms with Gasteiger partial charge in [0.1, 0.15) is 12.1 Å². The highest BCUT2D eigenvalue weighted by Gasteiger charge is 2.30. The smallest absolute Gasteiger partial charge is 0.256 e. The van der Waals surface area contributed by atoms with Gasteiger partial charge in [-0.25, -0.2) is 9.97 Å². The Morgan fingerprint density at radius 2 is 1.83 bits per heavy atom. The van der Waals surface area contributed by atoms with Crippen molar-refractivity contribution >= 4 is 11.7 Å². The van der Waals surface area contributed by atoms with E-state index in [-0.39, 0.29) is 5.91 Å². The predicted octanol–water partition coefficient (Wildman–Crippen LogP) is 2.44. The van der Waals surface area contributed by atoms with Gasteiger partial charge < -0.3 is 9.80 Å². The number of piperazine rings is 1. The summed E-state index contributed by atoms with van der Waals surface area (Å²) < 4.78 is 0. The maximum absolute atomic E-state index is 13.0. The zero-order valence-electron chi connectivity index (χ0n) is 17.8. The number of nitrogens with zero attached hydrogens (tertiary/aromatic N) is 6. The quantitative estimate of drug-likeness (QED) is 0.780. The zero-order chi connectivity index (χ0) is 20.5. The Kier molecular flexibility index (Phi) is 5.37. The highest BCUT2D eigenvalue weighted by atomic mass is 16.2. The Morgan fingerprint density at radius 1 is 1.03 bits per heavy atom. The summed E-state index contributed by atoms with van der Waals surface area (Å²) in [5, 5.41) is 0. The fraction of sp³-hybridized carbons (Fsp3) is 0.565. The molecule has 3 aliphatic rings. The van der Waals surface area contributed by atoms with Gasteiger partial charge in [0.15, 0.2) is 0 Å². The van der Waals surface area contributed by atoms with E-state index in [2.05, 4.69) is 24.8 Å². The number of anilines is 1. The van der Waals surface area contributed by atoms with Crippen LogP contribution in [0.3, 0.4) is 0 Å². The number of hydrogen-bond acceptors (Lipinski definition) is 6. The Morgan fingerprint density at radius 3 is 2.60 bits per heavy atom. The van der Waals surface area contributed by atoms with E-state index in [9.17, 15) is 4.79 Å². The monoisotopic (exact) mass is 406 g/mol. The molecule has 1 aliphatic carbocycles. The Labute approximate surface area is 178 Å². The standard InChI is InChI=1S/C23H30N6O/c1-17-19(7-4-9-24-17)23(30)29-10-8-20-21(15-29)25-16-26-22(20)28-13-11-27(12-14-28)18-5-2-3-6-18/h4,7,9,16,18H,2-3,5-6,8,10-15H2,1H3. The number of aromatic nitrogens is 3. The lowest BCUT2D eigenvalue weighted by Gasteiger charge is -2.40. The van der Waals surface area contributed by atoms with Gasteiger partial charge in [-0.2, -0.15) is 0 Å². The first-order valence-electron chi connectivity index (χ1n) is 11.2. The second kappa shape index (κ2) is 8.30. The predicted molar refractivity (Wildman–Crippen MR) is 115 cm³/mol. The highest BCUT2D eigenvalue weighted by Crippen LogP contribution is 2.29. The maximum atomic E-state index is 13.0. The number of amides is 1. The highest BCUT2D eigenvalue weighted by molar-refractivity contribution is 5.95. The average molecular weight is 407 g/mol. The number of carbonyl (C=O) groups is 1. The first-order valence-corrected chi connectivity index (χ1v) is 11.2. The van der Waals surface area contributed by atoms with Crippen molar-refractivity contribution in [2.45, 2.75) is 51.6 Å². The summed E-state index contributed by atoms with van der Waals surface area (Å²) in [5.74, 6) is 1.12. The molecule has 7 heteroatoms. The molecule has 2 fully saturated rings. The van der Waals surface area contributed by atoms with Crippen LogP contribution in [0.15, 0.2) is 24.7 Å². The molecule has 2 aromatic heterocycles. The van der Waals surface area contributed by atoms with Gasteiger partial charge in [0, 0.05) is 56.2 Å². The molecule has 0 unspecified atom stereocenters. The summed E-state index contributed by atoms with van der Waals surface area (Å²) in [5.41, 5.74) is 3.66. The van der Waals surface area contributed by atoms with E-state index in [1.165, 1.54) is 31.2 Å². The lowest BCUT2D eigenvalue weighted by Crippen LogP contribution is -2.50. The van der Waals surface area contributed by atoms with Gasteiger partial charge in [0.25, 0.3) is 5.91 Å². The molecule has 5 rings (SSSR count). The van der Waals surface area contributed by atoms with E-state index < -0.39 is 0 Å². The van der Waals surface area contributed by atoms with Crippen LogP contribution in [0, 0.1) is 6.92 Å². The molecule has 0 aromatic carbocycles. The number of aryl methyl sites for hydroxylation is 1. The molecule has 2 aromatic rings. The summed E-state index contributed by atoms with van der Waals surface area (Å²) in [6, 6.07) is 4.47. The minimum absolute atomic E-state index is 0.0385. The molecular formula is C23H30N6O. The number of pyridine rings is 1. The minimum Gasteiger partial charge on any atom is -0.354 e. The van der Waals surface area contributed by atoms with Crippen molar-refractivity contribution in [1.29, 1.82) is 0 Å². The van der Waals surface area contributed by atoms with Crippen molar-refractivity contribution < 1.29 is 4.79 Å². The Hall–Kier alpha value is -2.54. The lowest BCUT2D eigenvalue weighted by molar-refractivity contribution is 0.0730. The SMILES string of the molecule is Cc1ncccc1C(=O)N1CCc2c(ncnc2N2CCN(C3CCCC3)CC2)C1. The van der Waals surface area contributed by atoms with Gasteiger partial charge >= 0.3 is 0 Å². The van der Waals surface area contributed by atoms with Crippen LogP contribution in [-0.4, -0.2) is 69.4 Å². The van der Waals surface area contributed by atoms with Crippen LogP contribution in [0.25, 0.3) is 0 Å². The average Bonchev–Trinajstić information content (AvgIpc) is 3.33. The van der Waals surface area contributed by atoms with E-state index in [0.717, 1.165) is 55.8 Å². The van der Waals surface area contributed by atoms with Crippen molar-refractivity contribution in [3.05, 3.63) is 47.2 Å². The van der Waals surface area contributed by atoms with Crippen molar-refractivity contribution in [1.82, 2.24) is 24.8 Å². The third-order valence-corrected chi connectivity index (χ3v) is 6.96. The minimum atomic E-state index is 0.0385. The summed E-state index contributed by atoms with van der Waals surface area (Å²) in [4.78, 5) is 33.5. The van der Waals surface area contributed by atoms with Gasteiger partial charge in [-0.05, 0) is 38.3 Å². The fourth-order valence-electron chi connectivity index (χ4n) is 5.23. The topological polar surface area (TPSA) is 65.5 Å². The molecule has 0 bridgehead atoms. The zero-order valence-corrected chi connectivity index (χ0v) is 17.8. The summed E-state index contributed by atoms with van der Waals surface area (Å²) >= 11 is 0. The molecule has 1 amide bonds. The largest absolute Gasteiger partial charge is 0.354 e. The molecule has 30 heavy (non-hydrogen) atoms. The van der Waals surface area contributed by atoms with Crippen LogP contribution in [0.4, 0.5) is 5.82 Å². The van der Waals surface area contributed by atoms with Crippen molar-refractivity contribution in [2.24, 2.45) is 0 Å². The van der Waals surface area contributed by atoms with Crippen LogP contribution in [0.1, 0.15) is 53.0 Å². The molecule has 1 saturated carbocycles. The van der Waals surface area contributed by atoms with E-state index in [4.69, 9.17) is 0 Å². The van der Waals surface area contributed by atoms with Gasteiger partial charge in [-0.1, -0.05) is 12.8 Å². The van der Waals surface area contributed by atoms with E-state index >= 15 is 0 Å². The molecule has 0 N–H and O–H groups in total. The van der Waals surface area contributed by atoms with E-state index in [1.807, 2.05) is 24.0 Å². The molecule has 2 aliphatic heterocycles.